The molecular weight excluding hydrogens is 282 g/mol. The van der Waals surface area contributed by atoms with Gasteiger partial charge in [0, 0.05) is 0 Å². The molecule has 0 radical (unpaired) electrons. The summed E-state index contributed by atoms with van der Waals surface area (Å²) in [6.45, 7) is 28.2. The zero-order valence-corrected chi connectivity index (χ0v) is 17.5. The van der Waals surface area contributed by atoms with Crippen molar-refractivity contribution in [2.45, 2.75) is 84.7 Å². The Morgan fingerprint density at radius 3 is 1.20 bits per heavy atom. The van der Waals surface area contributed by atoms with Crippen molar-refractivity contribution >= 4 is 16.6 Å². The summed E-state index contributed by atoms with van der Waals surface area (Å²) in [4.78, 5) is 0. The minimum atomic E-state index is -1.93. The van der Waals surface area contributed by atoms with Gasteiger partial charge in [0.25, 0.3) is 0 Å². The second kappa shape index (κ2) is 5.95. The van der Waals surface area contributed by atoms with E-state index in [-0.39, 0.29) is 10.1 Å². The lowest BCUT2D eigenvalue weighted by atomic mass is 10.2. The molecular formula is C15H35NO2Si2. The summed E-state index contributed by atoms with van der Waals surface area (Å²) in [5.41, 5.74) is 0.805. The molecule has 0 aliphatic heterocycles. The van der Waals surface area contributed by atoms with Crippen LogP contribution in [-0.4, -0.2) is 21.9 Å². The van der Waals surface area contributed by atoms with Gasteiger partial charge in [-0.1, -0.05) is 48.1 Å². The molecule has 0 unspecified atom stereocenters. The minimum Gasteiger partial charge on any atom is -0.298 e. The van der Waals surface area contributed by atoms with Crippen molar-refractivity contribution in [3.8, 4) is 0 Å². The molecule has 120 valence electrons. The summed E-state index contributed by atoms with van der Waals surface area (Å²) in [5, 5.41) is 1.88. The first-order valence-electron chi connectivity index (χ1n) is 7.35. The van der Waals surface area contributed by atoms with Crippen molar-refractivity contribution in [2.24, 2.45) is 0 Å². The first kappa shape index (κ1) is 19.9. The highest BCUT2D eigenvalue weighted by molar-refractivity contribution is 6.74. The van der Waals surface area contributed by atoms with Crippen LogP contribution in [0.15, 0.2) is 12.3 Å². The van der Waals surface area contributed by atoms with E-state index >= 15 is 0 Å². The van der Waals surface area contributed by atoms with Crippen molar-refractivity contribution < 1.29 is 9.05 Å². The molecule has 0 aromatic carbocycles. The Morgan fingerprint density at radius 2 is 1.05 bits per heavy atom. The smallest absolute Gasteiger partial charge is 0.232 e. The fourth-order valence-electron chi connectivity index (χ4n) is 0.863. The summed E-state index contributed by atoms with van der Waals surface area (Å²) in [7, 11) is -3.85. The zero-order valence-electron chi connectivity index (χ0n) is 15.5. The third kappa shape index (κ3) is 5.02. The molecule has 0 saturated carbocycles. The average molecular weight is 318 g/mol. The van der Waals surface area contributed by atoms with Crippen LogP contribution in [0.4, 0.5) is 0 Å². The lowest BCUT2D eigenvalue weighted by Crippen LogP contribution is -2.51. The van der Waals surface area contributed by atoms with Crippen LogP contribution in [0.25, 0.3) is 0 Å². The van der Waals surface area contributed by atoms with Crippen LogP contribution >= 0.6 is 0 Å². The normalized spacial score (nSPS) is 14.3. The fourth-order valence-corrected chi connectivity index (χ4v) is 2.70. The van der Waals surface area contributed by atoms with E-state index in [9.17, 15) is 0 Å². The van der Waals surface area contributed by atoms with E-state index in [2.05, 4.69) is 74.3 Å². The van der Waals surface area contributed by atoms with Gasteiger partial charge < -0.3 is 0 Å². The highest BCUT2D eigenvalue weighted by Gasteiger charge is 2.44. The van der Waals surface area contributed by atoms with Gasteiger partial charge in [-0.3, -0.25) is 9.05 Å². The van der Waals surface area contributed by atoms with Crippen molar-refractivity contribution in [3.05, 3.63) is 12.3 Å². The van der Waals surface area contributed by atoms with Crippen molar-refractivity contribution in [1.82, 2.24) is 5.23 Å². The minimum absolute atomic E-state index is 0.136. The zero-order chi connectivity index (χ0) is 16.6. The van der Waals surface area contributed by atoms with Crippen molar-refractivity contribution in [2.75, 3.05) is 0 Å². The highest BCUT2D eigenvalue weighted by Crippen LogP contribution is 2.41. The van der Waals surface area contributed by atoms with Crippen LogP contribution < -0.4 is 0 Å². The molecule has 0 heterocycles. The molecule has 0 aromatic rings. The third-order valence-electron chi connectivity index (χ3n) is 4.55. The third-order valence-corrected chi connectivity index (χ3v) is 13.0. The molecule has 0 saturated heterocycles. The number of hydrogen-bond donors (Lipinski definition) is 0. The Hall–Kier alpha value is -0.106. The van der Waals surface area contributed by atoms with Crippen LogP contribution in [-0.2, 0) is 9.05 Å². The topological polar surface area (TPSA) is 21.7 Å². The average Bonchev–Trinajstić information content (AvgIpc) is 2.11. The molecule has 5 heteroatoms. The number of rotatable bonds is 5. The second-order valence-electron chi connectivity index (χ2n) is 8.70. The lowest BCUT2D eigenvalue weighted by molar-refractivity contribution is -0.247. The van der Waals surface area contributed by atoms with Crippen molar-refractivity contribution in [3.63, 3.8) is 0 Å². The van der Waals surface area contributed by atoms with Crippen LogP contribution in [0.1, 0.15) is 48.5 Å². The monoisotopic (exact) mass is 317 g/mol. The van der Waals surface area contributed by atoms with Crippen LogP contribution in [0, 0.1) is 0 Å². The van der Waals surface area contributed by atoms with Gasteiger partial charge in [-0.25, -0.2) is 0 Å². The molecule has 0 N–H and O–H groups in total. The molecule has 3 nitrogen and oxygen atoms in total. The van der Waals surface area contributed by atoms with Gasteiger partial charge in [-0.15, -0.1) is 0 Å². The largest absolute Gasteiger partial charge is 0.298 e. The summed E-state index contributed by atoms with van der Waals surface area (Å²) in [5.74, 6) is 0. The fraction of sp³-hybridized carbons (Fsp3) is 0.867. The van der Waals surface area contributed by atoms with Gasteiger partial charge in [0.05, 0.1) is 5.70 Å². The molecule has 0 amide bonds. The highest BCUT2D eigenvalue weighted by atomic mass is 28.4. The molecule has 0 aliphatic rings. The van der Waals surface area contributed by atoms with E-state index in [1.165, 1.54) is 0 Å². The Bertz CT molecular complexity index is 324. The maximum atomic E-state index is 6.28. The first-order valence-corrected chi connectivity index (χ1v) is 13.2. The Morgan fingerprint density at radius 1 is 0.800 bits per heavy atom. The van der Waals surface area contributed by atoms with Gasteiger partial charge in [0.2, 0.25) is 16.6 Å². The number of hydroxylamine groups is 2. The summed E-state index contributed by atoms with van der Waals surface area (Å²) in [6.07, 6.45) is 0. The van der Waals surface area contributed by atoms with Gasteiger partial charge in [-0.2, -0.15) is 5.23 Å². The Labute approximate surface area is 128 Å². The molecule has 0 atom stereocenters. The van der Waals surface area contributed by atoms with Crippen LogP contribution in [0.2, 0.25) is 36.3 Å². The van der Waals surface area contributed by atoms with Gasteiger partial charge in [-0.05, 0) is 43.2 Å². The summed E-state index contributed by atoms with van der Waals surface area (Å²) in [6, 6.07) is 0. The maximum Gasteiger partial charge on any atom is 0.232 e. The maximum absolute atomic E-state index is 6.28. The van der Waals surface area contributed by atoms with Crippen LogP contribution in [0.3, 0.4) is 0 Å². The van der Waals surface area contributed by atoms with E-state index in [4.69, 9.17) is 9.05 Å². The Kier molecular flexibility index (Phi) is 5.92. The molecule has 20 heavy (non-hydrogen) atoms. The SMILES string of the molecule is C=C(C)N(O[Si](C)(C)C(C)(C)C)O[Si](C)(C)C(C)(C)C. The van der Waals surface area contributed by atoms with E-state index in [1.807, 2.05) is 6.92 Å². The predicted octanol–water partition coefficient (Wildman–Crippen LogP) is 5.70. The van der Waals surface area contributed by atoms with Gasteiger partial charge in [0.15, 0.2) is 0 Å². The predicted molar refractivity (Wildman–Crippen MR) is 93.2 cm³/mol. The van der Waals surface area contributed by atoms with E-state index in [1.54, 1.807) is 5.23 Å². The lowest BCUT2D eigenvalue weighted by Gasteiger charge is -2.44. The summed E-state index contributed by atoms with van der Waals surface area (Å²) < 4.78 is 12.6. The molecule has 0 bridgehead atoms. The van der Waals surface area contributed by atoms with E-state index in [0.717, 1.165) is 5.70 Å². The second-order valence-corrected chi connectivity index (χ2v) is 18.1. The van der Waals surface area contributed by atoms with Gasteiger partial charge in [0.1, 0.15) is 0 Å². The number of nitrogens with zero attached hydrogens (tertiary/aromatic N) is 1. The van der Waals surface area contributed by atoms with Crippen molar-refractivity contribution in [1.29, 1.82) is 0 Å². The molecule has 0 aliphatic carbocycles. The number of allylic oxidation sites excluding steroid dienone is 1. The number of hydrogen-bond acceptors (Lipinski definition) is 3. The molecule has 0 aromatic heterocycles. The molecule has 0 fully saturated rings. The van der Waals surface area contributed by atoms with Gasteiger partial charge >= 0.3 is 0 Å². The molecule has 0 spiro atoms. The summed E-state index contributed by atoms with van der Waals surface area (Å²) >= 11 is 0. The quantitative estimate of drug-likeness (QED) is 0.480. The molecule has 0 rings (SSSR count). The van der Waals surface area contributed by atoms with Crippen LogP contribution in [0.5, 0.6) is 0 Å². The van der Waals surface area contributed by atoms with E-state index in [0.29, 0.717) is 0 Å². The first-order chi connectivity index (χ1) is 8.51. The standard InChI is InChI=1S/C15H35NO2Si2/c1-13(2)16(17-19(9,10)14(3,4)5)18-20(11,12)15(6,7)8/h1H2,2-12H3. The Balaban J connectivity index is 5.18. The van der Waals surface area contributed by atoms with E-state index < -0.39 is 16.6 Å².